The smallest absolute Gasteiger partial charge is 0.255 e. The predicted octanol–water partition coefficient (Wildman–Crippen LogP) is 2.55. The molecule has 5 rings (SSSR count). The molecule has 0 spiro atoms. The number of aromatic amines is 1. The lowest BCUT2D eigenvalue weighted by molar-refractivity contribution is -0.142. The van der Waals surface area contributed by atoms with Gasteiger partial charge in [-0.1, -0.05) is 6.92 Å². The van der Waals surface area contributed by atoms with Gasteiger partial charge in [-0.2, -0.15) is 0 Å². The van der Waals surface area contributed by atoms with Gasteiger partial charge in [0.15, 0.2) is 0 Å². The number of aromatic nitrogens is 2. The molecule has 1 saturated carbocycles. The lowest BCUT2D eigenvalue weighted by Crippen LogP contribution is -2.44. The molecular formula is C23H34N4O3. The monoisotopic (exact) mass is 414 g/mol. The molecule has 1 aromatic heterocycles. The summed E-state index contributed by atoms with van der Waals surface area (Å²) in [7, 11) is 0. The third-order valence-electron chi connectivity index (χ3n) is 7.67. The SMILES string of the molecule is CC1CCC(N2CCc3nc([C@H]4CCCN4C(=O)[C@@H]4CCCO4)[nH]c(=O)c3C2)CC1. The van der Waals surface area contributed by atoms with Crippen LogP contribution < -0.4 is 5.56 Å². The number of hydrogen-bond acceptors (Lipinski definition) is 5. The molecule has 7 nitrogen and oxygen atoms in total. The fourth-order valence-electron chi connectivity index (χ4n) is 5.81. The van der Waals surface area contributed by atoms with Crippen LogP contribution in [0.25, 0.3) is 0 Å². The van der Waals surface area contributed by atoms with E-state index in [1.54, 1.807) is 0 Å². The van der Waals surface area contributed by atoms with Crippen molar-refractivity contribution in [3.05, 3.63) is 27.4 Å². The van der Waals surface area contributed by atoms with E-state index in [-0.39, 0.29) is 23.6 Å². The van der Waals surface area contributed by atoms with E-state index in [1.807, 2.05) is 4.90 Å². The van der Waals surface area contributed by atoms with Gasteiger partial charge in [-0.25, -0.2) is 4.98 Å². The molecule has 3 aliphatic heterocycles. The van der Waals surface area contributed by atoms with Crippen molar-refractivity contribution in [2.75, 3.05) is 19.7 Å². The fraction of sp³-hybridized carbons (Fsp3) is 0.783. The van der Waals surface area contributed by atoms with Gasteiger partial charge in [-0.05, 0) is 57.3 Å². The normalized spacial score (nSPS) is 32.4. The highest BCUT2D eigenvalue weighted by Crippen LogP contribution is 2.33. The average Bonchev–Trinajstić information content (AvgIpc) is 3.46. The molecule has 7 heteroatoms. The average molecular weight is 415 g/mol. The Balaban J connectivity index is 1.33. The Morgan fingerprint density at radius 1 is 1.10 bits per heavy atom. The summed E-state index contributed by atoms with van der Waals surface area (Å²) < 4.78 is 5.61. The number of rotatable bonds is 3. The fourth-order valence-corrected chi connectivity index (χ4v) is 5.81. The van der Waals surface area contributed by atoms with Gasteiger partial charge in [-0.3, -0.25) is 14.5 Å². The van der Waals surface area contributed by atoms with Crippen LogP contribution in [0.2, 0.25) is 0 Å². The van der Waals surface area contributed by atoms with Crippen molar-refractivity contribution < 1.29 is 9.53 Å². The van der Waals surface area contributed by atoms with Crippen molar-refractivity contribution in [2.24, 2.45) is 5.92 Å². The van der Waals surface area contributed by atoms with E-state index in [2.05, 4.69) is 16.8 Å². The third kappa shape index (κ3) is 3.82. The highest BCUT2D eigenvalue weighted by atomic mass is 16.5. The first kappa shape index (κ1) is 20.2. The van der Waals surface area contributed by atoms with Gasteiger partial charge in [0, 0.05) is 38.7 Å². The third-order valence-corrected chi connectivity index (χ3v) is 7.67. The second-order valence-corrected chi connectivity index (χ2v) is 9.70. The van der Waals surface area contributed by atoms with Crippen molar-refractivity contribution in [2.45, 2.75) is 89.4 Å². The van der Waals surface area contributed by atoms with Crippen molar-refractivity contribution in [3.8, 4) is 0 Å². The molecule has 164 valence electrons. The first-order valence-electron chi connectivity index (χ1n) is 11.9. The molecule has 0 unspecified atom stereocenters. The molecule has 1 N–H and O–H groups in total. The molecule has 1 amide bonds. The number of carbonyl (C=O) groups excluding carboxylic acids is 1. The number of nitrogens with zero attached hydrogens (tertiary/aromatic N) is 3. The zero-order valence-corrected chi connectivity index (χ0v) is 18.1. The summed E-state index contributed by atoms with van der Waals surface area (Å²) in [6, 6.07) is 0.473. The highest BCUT2D eigenvalue weighted by Gasteiger charge is 2.38. The number of nitrogens with one attached hydrogen (secondary N) is 1. The number of amides is 1. The summed E-state index contributed by atoms with van der Waals surface area (Å²) in [5, 5.41) is 0. The number of carbonyl (C=O) groups is 1. The van der Waals surface area contributed by atoms with Crippen LogP contribution in [0.5, 0.6) is 0 Å². The largest absolute Gasteiger partial charge is 0.368 e. The van der Waals surface area contributed by atoms with Crippen LogP contribution in [0.1, 0.15) is 81.4 Å². The summed E-state index contributed by atoms with van der Waals surface area (Å²) in [5.74, 6) is 1.56. The van der Waals surface area contributed by atoms with Crippen molar-refractivity contribution in [1.29, 1.82) is 0 Å². The molecule has 2 atom stereocenters. The molecule has 3 fully saturated rings. The predicted molar refractivity (Wildman–Crippen MR) is 113 cm³/mol. The first-order chi connectivity index (χ1) is 14.6. The zero-order valence-electron chi connectivity index (χ0n) is 18.1. The molecule has 4 heterocycles. The quantitative estimate of drug-likeness (QED) is 0.822. The van der Waals surface area contributed by atoms with E-state index < -0.39 is 0 Å². The molecule has 0 aromatic carbocycles. The molecule has 0 radical (unpaired) electrons. The van der Waals surface area contributed by atoms with E-state index in [0.717, 1.165) is 62.4 Å². The Kier molecular flexibility index (Phi) is 5.67. The maximum absolute atomic E-state index is 13.0. The molecule has 2 saturated heterocycles. The number of H-pyrrole nitrogens is 1. The Morgan fingerprint density at radius 2 is 1.93 bits per heavy atom. The maximum Gasteiger partial charge on any atom is 0.255 e. The second-order valence-electron chi connectivity index (χ2n) is 9.70. The van der Waals surface area contributed by atoms with Gasteiger partial charge in [0.1, 0.15) is 11.9 Å². The summed E-state index contributed by atoms with van der Waals surface area (Å²) in [4.78, 5) is 38.3. The van der Waals surface area contributed by atoms with E-state index in [4.69, 9.17) is 9.72 Å². The molecule has 0 bridgehead atoms. The van der Waals surface area contributed by atoms with Crippen molar-refractivity contribution in [3.63, 3.8) is 0 Å². The summed E-state index contributed by atoms with van der Waals surface area (Å²) in [6.45, 7) is 5.41. The van der Waals surface area contributed by atoms with Crippen LogP contribution in [0.4, 0.5) is 0 Å². The van der Waals surface area contributed by atoms with Gasteiger partial charge in [0.05, 0.1) is 17.3 Å². The number of ether oxygens (including phenoxy) is 1. The van der Waals surface area contributed by atoms with E-state index >= 15 is 0 Å². The van der Waals surface area contributed by atoms with Crippen LogP contribution in [0.3, 0.4) is 0 Å². The lowest BCUT2D eigenvalue weighted by Gasteiger charge is -2.38. The van der Waals surface area contributed by atoms with Crippen molar-refractivity contribution in [1.82, 2.24) is 19.8 Å². The molecular weight excluding hydrogens is 380 g/mol. The van der Waals surface area contributed by atoms with E-state index in [1.165, 1.54) is 25.7 Å². The van der Waals surface area contributed by atoms with Gasteiger partial charge < -0.3 is 14.6 Å². The Labute approximate surface area is 178 Å². The van der Waals surface area contributed by atoms with Gasteiger partial charge in [0.2, 0.25) is 0 Å². The molecule has 30 heavy (non-hydrogen) atoms. The highest BCUT2D eigenvalue weighted by molar-refractivity contribution is 5.81. The van der Waals surface area contributed by atoms with E-state index in [9.17, 15) is 9.59 Å². The zero-order chi connectivity index (χ0) is 20.7. The first-order valence-corrected chi connectivity index (χ1v) is 11.9. The molecule has 1 aliphatic carbocycles. The topological polar surface area (TPSA) is 78.5 Å². The van der Waals surface area contributed by atoms with Gasteiger partial charge >= 0.3 is 0 Å². The summed E-state index contributed by atoms with van der Waals surface area (Å²) in [5.41, 5.74) is 1.75. The summed E-state index contributed by atoms with van der Waals surface area (Å²) in [6.07, 6.45) is 9.10. The summed E-state index contributed by atoms with van der Waals surface area (Å²) >= 11 is 0. The number of hydrogen-bond donors (Lipinski definition) is 1. The lowest BCUT2D eigenvalue weighted by atomic mass is 9.86. The minimum atomic E-state index is -0.318. The maximum atomic E-state index is 13.0. The Hall–Kier alpha value is -1.73. The van der Waals surface area contributed by atoms with Gasteiger partial charge in [-0.15, -0.1) is 0 Å². The van der Waals surface area contributed by atoms with Gasteiger partial charge in [0.25, 0.3) is 11.5 Å². The minimum Gasteiger partial charge on any atom is -0.368 e. The van der Waals surface area contributed by atoms with Crippen LogP contribution in [0.15, 0.2) is 4.79 Å². The van der Waals surface area contributed by atoms with Crippen LogP contribution in [-0.4, -0.2) is 57.5 Å². The van der Waals surface area contributed by atoms with Crippen molar-refractivity contribution >= 4 is 5.91 Å². The number of likely N-dealkylation sites (tertiary alicyclic amines) is 1. The van der Waals surface area contributed by atoms with Crippen LogP contribution in [-0.2, 0) is 22.5 Å². The Morgan fingerprint density at radius 3 is 2.70 bits per heavy atom. The molecule has 1 aromatic rings. The minimum absolute atomic E-state index is 0.0136. The van der Waals surface area contributed by atoms with Crippen LogP contribution in [0, 0.1) is 5.92 Å². The second kappa shape index (κ2) is 8.42. The molecule has 4 aliphatic rings. The van der Waals surface area contributed by atoms with E-state index in [0.29, 0.717) is 25.0 Å². The van der Waals surface area contributed by atoms with Crippen LogP contribution >= 0.6 is 0 Å². The Bertz CT molecular complexity index is 839. The number of fused-ring (bicyclic) bond motifs is 1. The standard InChI is InChI=1S/C23H34N4O3/c1-15-6-8-16(9-7-15)26-12-10-18-17(14-26)22(28)25-21(24-18)19-4-2-11-27(19)23(29)20-5-3-13-30-20/h15-16,19-20H,2-14H2,1H3,(H,24,25,28)/t15?,16?,19-,20+/m1/s1.